The second-order valence-electron chi connectivity index (χ2n) is 13.8. The SMILES string of the molecule is CC1(C)c2ccccc2-c2cc3c(cc2C1(C)C)c(N(c1ccccc1)c1ccc2c(c1)oc1ccccc12)cc1ccccc13. The zero-order chi connectivity index (χ0) is 31.2. The molecule has 46 heavy (non-hydrogen) atoms. The minimum absolute atomic E-state index is 0.0489. The predicted molar refractivity (Wildman–Crippen MR) is 195 cm³/mol. The summed E-state index contributed by atoms with van der Waals surface area (Å²) >= 11 is 0. The summed E-state index contributed by atoms with van der Waals surface area (Å²) in [6, 6.07) is 50.8. The number of furan rings is 1. The Morgan fingerprint density at radius 3 is 1.96 bits per heavy atom. The fourth-order valence-corrected chi connectivity index (χ4v) is 7.85. The third kappa shape index (κ3) is 3.70. The fraction of sp³-hybridized carbons (Fsp3) is 0.136. The van der Waals surface area contributed by atoms with Gasteiger partial charge in [0, 0.05) is 33.6 Å². The smallest absolute Gasteiger partial charge is 0.137 e. The molecule has 8 aromatic rings. The van der Waals surface area contributed by atoms with Crippen LogP contribution in [0.4, 0.5) is 17.1 Å². The fourth-order valence-electron chi connectivity index (χ4n) is 7.85. The lowest BCUT2D eigenvalue weighted by Crippen LogP contribution is -2.43. The molecular weight excluding hydrogens is 558 g/mol. The largest absolute Gasteiger partial charge is 0.456 e. The normalized spacial score (nSPS) is 14.9. The topological polar surface area (TPSA) is 16.4 Å². The molecule has 9 rings (SSSR count). The van der Waals surface area contributed by atoms with Crippen molar-refractivity contribution in [3.63, 3.8) is 0 Å². The van der Waals surface area contributed by atoms with Gasteiger partial charge < -0.3 is 9.32 Å². The lowest BCUT2D eigenvalue weighted by atomic mass is 9.55. The molecule has 1 aliphatic rings. The third-order valence-corrected chi connectivity index (χ3v) is 11.0. The number of para-hydroxylation sites is 2. The Hall–Kier alpha value is -5.34. The molecule has 0 bridgehead atoms. The van der Waals surface area contributed by atoms with Crippen LogP contribution < -0.4 is 4.90 Å². The summed E-state index contributed by atoms with van der Waals surface area (Å²) < 4.78 is 6.40. The maximum atomic E-state index is 6.40. The standard InChI is InChI=1S/C44H35NO/c1-43(2)38-20-12-10-18-32(38)36-26-35-31-17-9-8-14-28(31)24-40(37(35)27-39(36)44(43,3)4)45(29-15-6-5-7-16-29)30-22-23-34-33-19-11-13-21-41(33)46-42(34)25-30/h5-27H,1-4H3. The van der Waals surface area contributed by atoms with Gasteiger partial charge in [-0.25, -0.2) is 0 Å². The van der Waals surface area contributed by atoms with Crippen molar-refractivity contribution in [2.24, 2.45) is 0 Å². The van der Waals surface area contributed by atoms with Gasteiger partial charge in [0.25, 0.3) is 0 Å². The molecule has 0 saturated carbocycles. The van der Waals surface area contributed by atoms with Crippen LogP contribution in [0.1, 0.15) is 38.8 Å². The molecule has 222 valence electrons. The maximum Gasteiger partial charge on any atom is 0.137 e. The van der Waals surface area contributed by atoms with Gasteiger partial charge in [-0.15, -0.1) is 0 Å². The van der Waals surface area contributed by atoms with Crippen LogP contribution in [0.15, 0.2) is 144 Å². The summed E-state index contributed by atoms with van der Waals surface area (Å²) in [4.78, 5) is 2.41. The molecule has 0 fully saturated rings. The second kappa shape index (κ2) is 9.58. The van der Waals surface area contributed by atoms with Crippen LogP contribution in [-0.4, -0.2) is 0 Å². The van der Waals surface area contributed by atoms with Crippen LogP contribution in [0, 0.1) is 0 Å². The lowest BCUT2D eigenvalue weighted by Gasteiger charge is -2.48. The Labute approximate surface area is 269 Å². The number of nitrogens with zero attached hydrogens (tertiary/aromatic N) is 1. The van der Waals surface area contributed by atoms with E-state index in [0.29, 0.717) is 0 Å². The number of benzene rings is 7. The van der Waals surface area contributed by atoms with Crippen molar-refractivity contribution in [1.29, 1.82) is 0 Å². The summed E-state index contributed by atoms with van der Waals surface area (Å²) in [5, 5.41) is 7.28. The first-order chi connectivity index (χ1) is 22.3. The van der Waals surface area contributed by atoms with E-state index in [1.165, 1.54) is 43.8 Å². The van der Waals surface area contributed by atoms with E-state index in [2.05, 4.69) is 160 Å². The van der Waals surface area contributed by atoms with Crippen molar-refractivity contribution in [1.82, 2.24) is 0 Å². The average Bonchev–Trinajstić information content (AvgIpc) is 3.46. The molecule has 0 unspecified atom stereocenters. The van der Waals surface area contributed by atoms with Gasteiger partial charge in [0.15, 0.2) is 0 Å². The van der Waals surface area contributed by atoms with E-state index < -0.39 is 0 Å². The molecule has 1 heterocycles. The van der Waals surface area contributed by atoms with Gasteiger partial charge >= 0.3 is 0 Å². The number of rotatable bonds is 3. The molecule has 1 aromatic heterocycles. The van der Waals surface area contributed by atoms with Crippen molar-refractivity contribution < 1.29 is 4.42 Å². The lowest BCUT2D eigenvalue weighted by molar-refractivity contribution is 0.299. The van der Waals surface area contributed by atoms with Crippen LogP contribution >= 0.6 is 0 Å². The van der Waals surface area contributed by atoms with Crippen molar-refractivity contribution in [3.8, 4) is 11.1 Å². The molecular formula is C44H35NO. The van der Waals surface area contributed by atoms with E-state index in [9.17, 15) is 0 Å². The first-order valence-corrected chi connectivity index (χ1v) is 16.2. The van der Waals surface area contributed by atoms with Crippen LogP contribution in [0.2, 0.25) is 0 Å². The summed E-state index contributed by atoms with van der Waals surface area (Å²) in [7, 11) is 0. The van der Waals surface area contributed by atoms with Crippen LogP contribution in [-0.2, 0) is 10.8 Å². The van der Waals surface area contributed by atoms with Crippen LogP contribution in [0.25, 0.3) is 54.6 Å². The number of anilines is 3. The third-order valence-electron chi connectivity index (χ3n) is 11.0. The first-order valence-electron chi connectivity index (χ1n) is 16.2. The Balaban J connectivity index is 1.39. The average molecular weight is 594 g/mol. The Morgan fingerprint density at radius 1 is 0.435 bits per heavy atom. The molecule has 1 aliphatic carbocycles. The quantitative estimate of drug-likeness (QED) is 0.189. The van der Waals surface area contributed by atoms with Crippen molar-refractivity contribution in [2.75, 3.05) is 4.90 Å². The highest BCUT2D eigenvalue weighted by Crippen LogP contribution is 2.56. The van der Waals surface area contributed by atoms with E-state index in [-0.39, 0.29) is 10.8 Å². The molecule has 0 spiro atoms. The molecule has 2 nitrogen and oxygen atoms in total. The zero-order valence-electron chi connectivity index (χ0n) is 26.6. The van der Waals surface area contributed by atoms with Gasteiger partial charge in [-0.05, 0) is 97.8 Å². The minimum Gasteiger partial charge on any atom is -0.456 e. The summed E-state index contributed by atoms with van der Waals surface area (Å²) in [5.41, 5.74) is 10.5. The van der Waals surface area contributed by atoms with Crippen LogP contribution in [0.3, 0.4) is 0 Å². The molecule has 0 radical (unpaired) electrons. The van der Waals surface area contributed by atoms with E-state index in [1.807, 2.05) is 12.1 Å². The van der Waals surface area contributed by atoms with Gasteiger partial charge in [-0.3, -0.25) is 0 Å². The summed E-state index contributed by atoms with van der Waals surface area (Å²) in [5.74, 6) is 0. The second-order valence-corrected chi connectivity index (χ2v) is 13.8. The number of fused-ring (bicyclic) bond motifs is 9. The number of hydrogen-bond donors (Lipinski definition) is 0. The molecule has 0 atom stereocenters. The monoisotopic (exact) mass is 593 g/mol. The highest BCUT2D eigenvalue weighted by atomic mass is 16.3. The number of hydrogen-bond acceptors (Lipinski definition) is 2. The molecule has 2 heteroatoms. The Bertz CT molecular complexity index is 2480. The summed E-state index contributed by atoms with van der Waals surface area (Å²) in [6.07, 6.45) is 0. The van der Waals surface area contributed by atoms with Gasteiger partial charge in [0.05, 0.1) is 5.69 Å². The molecule has 0 aliphatic heterocycles. The van der Waals surface area contributed by atoms with E-state index in [1.54, 1.807) is 0 Å². The maximum absolute atomic E-state index is 6.40. The van der Waals surface area contributed by atoms with Gasteiger partial charge in [0.2, 0.25) is 0 Å². The molecule has 0 saturated heterocycles. The van der Waals surface area contributed by atoms with Crippen LogP contribution in [0.5, 0.6) is 0 Å². The van der Waals surface area contributed by atoms with Gasteiger partial charge in [0.1, 0.15) is 11.2 Å². The Kier molecular flexibility index (Phi) is 5.63. The molecule has 0 amide bonds. The van der Waals surface area contributed by atoms with Crippen molar-refractivity contribution in [3.05, 3.63) is 151 Å². The van der Waals surface area contributed by atoms with Crippen molar-refractivity contribution >= 4 is 60.5 Å². The summed E-state index contributed by atoms with van der Waals surface area (Å²) in [6.45, 7) is 9.63. The minimum atomic E-state index is -0.0987. The van der Waals surface area contributed by atoms with Gasteiger partial charge in [-0.1, -0.05) is 113 Å². The van der Waals surface area contributed by atoms with Gasteiger partial charge in [-0.2, -0.15) is 0 Å². The first kappa shape index (κ1) is 27.0. The predicted octanol–water partition coefficient (Wildman–Crippen LogP) is 12.6. The Morgan fingerprint density at radius 2 is 1.11 bits per heavy atom. The highest BCUT2D eigenvalue weighted by molar-refractivity contribution is 6.16. The molecule has 0 N–H and O–H groups in total. The highest BCUT2D eigenvalue weighted by Gasteiger charge is 2.46. The van der Waals surface area contributed by atoms with E-state index in [0.717, 1.165) is 39.0 Å². The van der Waals surface area contributed by atoms with E-state index in [4.69, 9.17) is 4.42 Å². The molecule has 7 aromatic carbocycles. The van der Waals surface area contributed by atoms with E-state index >= 15 is 0 Å². The zero-order valence-corrected chi connectivity index (χ0v) is 26.6. The van der Waals surface area contributed by atoms with Crippen molar-refractivity contribution in [2.45, 2.75) is 38.5 Å².